The van der Waals surface area contributed by atoms with Gasteiger partial charge in [-0.15, -0.1) is 0 Å². The molecule has 0 aliphatic heterocycles. The highest BCUT2D eigenvalue weighted by atomic mass is 16.5. The summed E-state index contributed by atoms with van der Waals surface area (Å²) >= 11 is 0. The zero-order valence-electron chi connectivity index (χ0n) is 14.0. The van der Waals surface area contributed by atoms with E-state index >= 15 is 0 Å². The van der Waals surface area contributed by atoms with Crippen molar-refractivity contribution in [2.75, 3.05) is 6.61 Å². The lowest BCUT2D eigenvalue weighted by Gasteiger charge is -2.13. The van der Waals surface area contributed by atoms with E-state index in [1.165, 1.54) is 5.56 Å². The average Bonchev–Trinajstić information content (AvgIpc) is 3.12. The van der Waals surface area contributed by atoms with Crippen LogP contribution < -0.4 is 0 Å². The predicted octanol–water partition coefficient (Wildman–Crippen LogP) is 3.81. The second-order valence-electron chi connectivity index (χ2n) is 5.60. The number of carbonyl (C=O) groups excluding carboxylic acids is 2. The number of para-hydroxylation sites is 1. The van der Waals surface area contributed by atoms with E-state index in [1.807, 2.05) is 42.5 Å². The maximum Gasteiger partial charge on any atom is 0.381 e. The minimum absolute atomic E-state index is 0.176. The third kappa shape index (κ3) is 3.69. The number of ketones is 1. The van der Waals surface area contributed by atoms with Crippen molar-refractivity contribution < 1.29 is 14.3 Å². The van der Waals surface area contributed by atoms with Crippen LogP contribution in [0.2, 0.25) is 0 Å². The van der Waals surface area contributed by atoms with Crippen LogP contribution in [0.1, 0.15) is 28.5 Å². The summed E-state index contributed by atoms with van der Waals surface area (Å²) in [5, 5.41) is 0. The van der Waals surface area contributed by atoms with Crippen molar-refractivity contribution in [2.45, 2.75) is 13.3 Å². The third-order valence-electron chi connectivity index (χ3n) is 3.93. The van der Waals surface area contributed by atoms with Crippen LogP contribution in [0.4, 0.5) is 0 Å². The average molecular weight is 333 g/mol. The summed E-state index contributed by atoms with van der Waals surface area (Å²) in [6.45, 7) is 1.86. The number of hydrogen-bond acceptors (Lipinski definition) is 3. The second-order valence-corrected chi connectivity index (χ2v) is 5.60. The van der Waals surface area contributed by atoms with Gasteiger partial charge in [-0.25, -0.2) is 4.79 Å². The van der Waals surface area contributed by atoms with Crippen LogP contribution in [0, 0.1) is 0 Å². The molecule has 3 rings (SSSR count). The van der Waals surface area contributed by atoms with Crippen LogP contribution >= 0.6 is 0 Å². The predicted molar refractivity (Wildman–Crippen MR) is 96.0 cm³/mol. The van der Waals surface area contributed by atoms with E-state index in [-0.39, 0.29) is 6.61 Å². The molecule has 0 aliphatic carbocycles. The number of ether oxygens (including phenoxy) is 1. The van der Waals surface area contributed by atoms with Crippen molar-refractivity contribution in [1.82, 2.24) is 4.57 Å². The molecule has 2 aromatic carbocycles. The van der Waals surface area contributed by atoms with Crippen molar-refractivity contribution in [3.8, 4) is 5.69 Å². The van der Waals surface area contributed by atoms with E-state index in [9.17, 15) is 9.59 Å². The van der Waals surface area contributed by atoms with Crippen molar-refractivity contribution in [2.24, 2.45) is 0 Å². The molecule has 0 radical (unpaired) electrons. The summed E-state index contributed by atoms with van der Waals surface area (Å²) in [6.07, 6.45) is 2.53. The Morgan fingerprint density at radius 2 is 1.64 bits per heavy atom. The largest absolute Gasteiger partial charge is 0.460 e. The Morgan fingerprint density at radius 1 is 0.920 bits per heavy atom. The minimum atomic E-state index is -0.831. The molecule has 126 valence electrons. The van der Waals surface area contributed by atoms with Crippen molar-refractivity contribution in [3.63, 3.8) is 0 Å². The molecule has 0 unspecified atom stereocenters. The zero-order valence-corrected chi connectivity index (χ0v) is 14.0. The molecule has 0 atom stereocenters. The van der Waals surface area contributed by atoms with Gasteiger partial charge in [0.15, 0.2) is 0 Å². The smallest absolute Gasteiger partial charge is 0.381 e. The van der Waals surface area contributed by atoms with Gasteiger partial charge in [-0.2, -0.15) is 0 Å². The first-order chi connectivity index (χ1) is 12.2. The molecular formula is C21H19NO3. The SMILES string of the molecule is CCOC(=O)C(=O)c1cccn1-c1ccccc1Cc1ccccc1. The maximum atomic E-state index is 12.4. The summed E-state index contributed by atoms with van der Waals surface area (Å²) in [7, 11) is 0. The number of esters is 1. The summed E-state index contributed by atoms with van der Waals surface area (Å²) in [6, 6.07) is 21.4. The number of rotatable bonds is 6. The molecule has 1 heterocycles. The van der Waals surface area contributed by atoms with Gasteiger partial charge in [-0.3, -0.25) is 4.79 Å². The Bertz CT molecular complexity index is 881. The van der Waals surface area contributed by atoms with Crippen LogP contribution in [0.3, 0.4) is 0 Å². The second kappa shape index (κ2) is 7.62. The van der Waals surface area contributed by atoms with Gasteiger partial charge in [0.2, 0.25) is 0 Å². The van der Waals surface area contributed by atoms with E-state index in [2.05, 4.69) is 12.1 Å². The number of carbonyl (C=O) groups is 2. The van der Waals surface area contributed by atoms with E-state index in [1.54, 1.807) is 29.8 Å². The summed E-state index contributed by atoms with van der Waals surface area (Å²) in [5.74, 6) is -1.47. The van der Waals surface area contributed by atoms with E-state index in [0.717, 1.165) is 17.7 Å². The molecule has 0 aliphatic rings. The lowest BCUT2D eigenvalue weighted by Crippen LogP contribution is -2.20. The molecule has 1 aromatic heterocycles. The molecule has 0 N–H and O–H groups in total. The molecule has 0 amide bonds. The van der Waals surface area contributed by atoms with Crippen LogP contribution in [-0.2, 0) is 16.0 Å². The van der Waals surface area contributed by atoms with Gasteiger partial charge in [-0.1, -0.05) is 48.5 Å². The molecule has 4 heteroatoms. The number of benzene rings is 2. The molecule has 25 heavy (non-hydrogen) atoms. The fraction of sp³-hybridized carbons (Fsp3) is 0.143. The first-order valence-corrected chi connectivity index (χ1v) is 8.21. The number of nitrogens with zero attached hydrogens (tertiary/aromatic N) is 1. The quantitative estimate of drug-likeness (QED) is 0.391. The minimum Gasteiger partial charge on any atom is -0.460 e. The molecule has 0 fully saturated rings. The highest BCUT2D eigenvalue weighted by Crippen LogP contribution is 2.21. The topological polar surface area (TPSA) is 48.3 Å². The summed E-state index contributed by atoms with van der Waals surface area (Å²) in [4.78, 5) is 24.2. The van der Waals surface area contributed by atoms with E-state index < -0.39 is 11.8 Å². The van der Waals surface area contributed by atoms with Gasteiger partial charge in [-0.05, 0) is 42.7 Å². The van der Waals surface area contributed by atoms with E-state index in [0.29, 0.717) is 5.69 Å². The van der Waals surface area contributed by atoms with Crippen LogP contribution in [0.15, 0.2) is 72.9 Å². The standard InChI is InChI=1S/C21H19NO3/c1-2-25-21(24)20(23)19-13-8-14-22(19)18-12-7-6-11-17(18)15-16-9-4-3-5-10-16/h3-14H,2,15H2,1H3. The Hall–Kier alpha value is -3.14. The van der Waals surface area contributed by atoms with Gasteiger partial charge >= 0.3 is 5.97 Å². The van der Waals surface area contributed by atoms with Gasteiger partial charge in [0.1, 0.15) is 5.69 Å². The molecular weight excluding hydrogens is 314 g/mol. The van der Waals surface area contributed by atoms with Crippen LogP contribution in [0.5, 0.6) is 0 Å². The molecule has 3 aromatic rings. The summed E-state index contributed by atoms with van der Waals surface area (Å²) < 4.78 is 6.59. The van der Waals surface area contributed by atoms with E-state index in [4.69, 9.17) is 4.74 Å². The number of Topliss-reactive ketones (excluding diaryl/α,β-unsaturated/α-hetero) is 1. The lowest BCUT2D eigenvalue weighted by atomic mass is 10.0. The Balaban J connectivity index is 1.97. The number of aromatic nitrogens is 1. The molecule has 0 saturated heterocycles. The van der Waals surface area contributed by atoms with Crippen LogP contribution in [0.25, 0.3) is 5.69 Å². The summed E-state index contributed by atoms with van der Waals surface area (Å²) in [5.41, 5.74) is 3.44. The van der Waals surface area contributed by atoms with Gasteiger partial charge < -0.3 is 9.30 Å². The molecule has 0 saturated carbocycles. The Morgan fingerprint density at radius 3 is 2.40 bits per heavy atom. The zero-order chi connectivity index (χ0) is 17.6. The molecule has 0 spiro atoms. The Kier molecular flexibility index (Phi) is 5.09. The van der Waals surface area contributed by atoms with Gasteiger partial charge in [0.25, 0.3) is 5.78 Å². The van der Waals surface area contributed by atoms with Crippen LogP contribution in [-0.4, -0.2) is 22.9 Å². The maximum absolute atomic E-state index is 12.4. The fourth-order valence-electron chi connectivity index (χ4n) is 2.79. The third-order valence-corrected chi connectivity index (χ3v) is 3.93. The number of hydrogen-bond donors (Lipinski definition) is 0. The normalized spacial score (nSPS) is 10.4. The highest BCUT2D eigenvalue weighted by Gasteiger charge is 2.22. The highest BCUT2D eigenvalue weighted by molar-refractivity contribution is 6.40. The van der Waals surface area contributed by atoms with Gasteiger partial charge in [0, 0.05) is 11.9 Å². The van der Waals surface area contributed by atoms with Gasteiger partial charge in [0.05, 0.1) is 6.61 Å². The van der Waals surface area contributed by atoms with Crippen molar-refractivity contribution in [1.29, 1.82) is 0 Å². The molecule has 4 nitrogen and oxygen atoms in total. The first kappa shape index (κ1) is 16.7. The van der Waals surface area contributed by atoms with Crippen molar-refractivity contribution in [3.05, 3.63) is 89.7 Å². The lowest BCUT2D eigenvalue weighted by molar-refractivity contribution is -0.137. The monoisotopic (exact) mass is 333 g/mol. The Labute approximate surface area is 146 Å². The molecule has 0 bridgehead atoms. The fourth-order valence-corrected chi connectivity index (χ4v) is 2.79. The van der Waals surface area contributed by atoms with Crippen molar-refractivity contribution >= 4 is 11.8 Å². The first-order valence-electron chi connectivity index (χ1n) is 8.21.